The van der Waals surface area contributed by atoms with E-state index >= 15 is 0 Å². The normalized spacial score (nSPS) is 28.9. The molecule has 1 saturated heterocycles. The molecule has 0 radical (unpaired) electrons. The van der Waals surface area contributed by atoms with E-state index in [4.69, 9.17) is 10.5 Å². The SMILES string of the molecule is CC(C)(C)OC(=O)N1CC(N)CC(C)(C(=O)O)C1. The maximum absolute atomic E-state index is 11.9. The largest absolute Gasteiger partial charge is 0.481 e. The monoisotopic (exact) mass is 258 g/mol. The summed E-state index contributed by atoms with van der Waals surface area (Å²) < 4.78 is 5.24. The van der Waals surface area contributed by atoms with Crippen LogP contribution in [0, 0.1) is 5.41 Å². The van der Waals surface area contributed by atoms with Crippen LogP contribution in [-0.2, 0) is 9.53 Å². The summed E-state index contributed by atoms with van der Waals surface area (Å²) in [6.45, 7) is 7.37. The number of carboxylic acids is 1. The summed E-state index contributed by atoms with van der Waals surface area (Å²) in [6.07, 6.45) is -0.146. The van der Waals surface area contributed by atoms with Gasteiger partial charge in [-0.15, -0.1) is 0 Å². The van der Waals surface area contributed by atoms with E-state index in [0.717, 1.165) is 0 Å². The second-order valence-electron chi connectivity index (χ2n) is 6.19. The maximum atomic E-state index is 11.9. The van der Waals surface area contributed by atoms with Gasteiger partial charge in [-0.1, -0.05) is 0 Å². The van der Waals surface area contributed by atoms with Crippen LogP contribution in [0.2, 0.25) is 0 Å². The van der Waals surface area contributed by atoms with Crippen molar-refractivity contribution < 1.29 is 19.4 Å². The van der Waals surface area contributed by atoms with Gasteiger partial charge in [0.2, 0.25) is 0 Å². The fraction of sp³-hybridized carbons (Fsp3) is 0.833. The first-order valence-corrected chi connectivity index (χ1v) is 6.00. The second-order valence-corrected chi connectivity index (χ2v) is 6.19. The first kappa shape index (κ1) is 14.8. The van der Waals surface area contributed by atoms with Crippen molar-refractivity contribution in [1.29, 1.82) is 0 Å². The van der Waals surface area contributed by atoms with Crippen molar-refractivity contribution in [3.8, 4) is 0 Å². The minimum absolute atomic E-state index is 0.130. The number of carbonyl (C=O) groups excluding carboxylic acids is 1. The van der Waals surface area contributed by atoms with Gasteiger partial charge in [-0.3, -0.25) is 4.79 Å². The summed E-state index contributed by atoms with van der Waals surface area (Å²) in [5, 5.41) is 9.21. The number of carboxylic acid groups (broad SMARTS) is 1. The van der Waals surface area contributed by atoms with E-state index < -0.39 is 23.1 Å². The van der Waals surface area contributed by atoms with Crippen LogP contribution in [0.3, 0.4) is 0 Å². The Morgan fingerprint density at radius 3 is 2.44 bits per heavy atom. The molecule has 0 aromatic rings. The molecule has 3 N–H and O–H groups in total. The van der Waals surface area contributed by atoms with Gasteiger partial charge < -0.3 is 20.5 Å². The highest BCUT2D eigenvalue weighted by molar-refractivity contribution is 5.76. The average Bonchev–Trinajstić information content (AvgIpc) is 2.13. The number of hydrogen-bond acceptors (Lipinski definition) is 4. The fourth-order valence-electron chi connectivity index (χ4n) is 2.10. The molecule has 6 nitrogen and oxygen atoms in total. The number of aliphatic carboxylic acids is 1. The standard InChI is InChI=1S/C12H22N2O4/c1-11(2,3)18-10(17)14-6-8(13)5-12(4,7-14)9(15)16/h8H,5-7,13H2,1-4H3,(H,15,16). The molecule has 0 aliphatic carbocycles. The molecule has 1 amide bonds. The second kappa shape index (κ2) is 4.76. The molecule has 0 spiro atoms. The van der Waals surface area contributed by atoms with Crippen LogP contribution in [0.25, 0.3) is 0 Å². The lowest BCUT2D eigenvalue weighted by atomic mass is 9.80. The predicted molar refractivity (Wildman–Crippen MR) is 66.1 cm³/mol. The molecule has 104 valence electrons. The lowest BCUT2D eigenvalue weighted by molar-refractivity contribution is -0.151. The van der Waals surface area contributed by atoms with Crippen molar-refractivity contribution in [3.63, 3.8) is 0 Å². The van der Waals surface area contributed by atoms with Gasteiger partial charge in [0.15, 0.2) is 0 Å². The molecular formula is C12H22N2O4. The van der Waals surface area contributed by atoms with E-state index in [-0.39, 0.29) is 12.6 Å². The number of nitrogens with two attached hydrogens (primary N) is 1. The van der Waals surface area contributed by atoms with E-state index in [1.54, 1.807) is 27.7 Å². The zero-order valence-electron chi connectivity index (χ0n) is 11.4. The number of rotatable bonds is 1. The minimum atomic E-state index is -1.01. The number of carbonyl (C=O) groups is 2. The van der Waals surface area contributed by atoms with Gasteiger partial charge in [0.1, 0.15) is 5.60 Å². The van der Waals surface area contributed by atoms with Crippen molar-refractivity contribution in [2.75, 3.05) is 13.1 Å². The highest BCUT2D eigenvalue weighted by atomic mass is 16.6. The van der Waals surface area contributed by atoms with E-state index in [0.29, 0.717) is 13.0 Å². The number of amides is 1. The molecule has 2 unspecified atom stereocenters. The molecule has 18 heavy (non-hydrogen) atoms. The van der Waals surface area contributed by atoms with E-state index in [9.17, 15) is 14.7 Å². The summed E-state index contributed by atoms with van der Waals surface area (Å²) >= 11 is 0. The molecule has 0 bridgehead atoms. The third-order valence-electron chi connectivity index (χ3n) is 2.88. The lowest BCUT2D eigenvalue weighted by Gasteiger charge is -2.40. The van der Waals surface area contributed by atoms with Crippen LogP contribution in [0.5, 0.6) is 0 Å². The summed E-state index contributed by atoms with van der Waals surface area (Å²) in [5.41, 5.74) is 4.22. The Bertz CT molecular complexity index is 350. The molecule has 0 aromatic carbocycles. The Hall–Kier alpha value is -1.30. The third-order valence-corrected chi connectivity index (χ3v) is 2.88. The highest BCUT2D eigenvalue weighted by Crippen LogP contribution is 2.30. The van der Waals surface area contributed by atoms with Gasteiger partial charge in [-0.05, 0) is 34.1 Å². The molecule has 2 atom stereocenters. The van der Waals surface area contributed by atoms with Crippen molar-refractivity contribution in [1.82, 2.24) is 4.90 Å². The van der Waals surface area contributed by atoms with Crippen LogP contribution < -0.4 is 5.73 Å². The van der Waals surface area contributed by atoms with Crippen LogP contribution >= 0.6 is 0 Å². The van der Waals surface area contributed by atoms with Crippen molar-refractivity contribution in [2.24, 2.45) is 11.1 Å². The van der Waals surface area contributed by atoms with Gasteiger partial charge in [0.25, 0.3) is 0 Å². The number of piperidine rings is 1. The summed E-state index contributed by atoms with van der Waals surface area (Å²) in [7, 11) is 0. The summed E-state index contributed by atoms with van der Waals surface area (Å²) in [6, 6.07) is -0.340. The highest BCUT2D eigenvalue weighted by Gasteiger charge is 2.43. The Morgan fingerprint density at radius 1 is 1.44 bits per heavy atom. The van der Waals surface area contributed by atoms with E-state index in [2.05, 4.69) is 0 Å². The van der Waals surface area contributed by atoms with Crippen LogP contribution in [-0.4, -0.2) is 46.8 Å². The lowest BCUT2D eigenvalue weighted by Crippen LogP contribution is -2.56. The fourth-order valence-corrected chi connectivity index (χ4v) is 2.10. The van der Waals surface area contributed by atoms with Crippen LogP contribution in [0.1, 0.15) is 34.1 Å². The van der Waals surface area contributed by atoms with Crippen molar-refractivity contribution in [3.05, 3.63) is 0 Å². The third kappa shape index (κ3) is 3.60. The molecule has 1 rings (SSSR count). The molecule has 1 fully saturated rings. The van der Waals surface area contributed by atoms with Gasteiger partial charge in [0.05, 0.1) is 5.41 Å². The molecule has 1 aliphatic rings. The van der Waals surface area contributed by atoms with Crippen molar-refractivity contribution >= 4 is 12.1 Å². The number of likely N-dealkylation sites (tertiary alicyclic amines) is 1. The first-order chi connectivity index (χ1) is 8.03. The smallest absolute Gasteiger partial charge is 0.410 e. The zero-order valence-corrected chi connectivity index (χ0v) is 11.4. The number of hydrogen-bond donors (Lipinski definition) is 2. The Morgan fingerprint density at radius 2 is 2.00 bits per heavy atom. The van der Waals surface area contributed by atoms with Crippen molar-refractivity contribution in [2.45, 2.75) is 45.8 Å². The minimum Gasteiger partial charge on any atom is -0.481 e. The van der Waals surface area contributed by atoms with Crippen LogP contribution in [0.4, 0.5) is 4.79 Å². The summed E-state index contributed by atoms with van der Waals surface area (Å²) in [4.78, 5) is 24.5. The number of nitrogens with zero attached hydrogens (tertiary/aromatic N) is 1. The Balaban J connectivity index is 2.78. The topological polar surface area (TPSA) is 92.9 Å². The molecule has 1 aliphatic heterocycles. The number of ether oxygens (including phenoxy) is 1. The van der Waals surface area contributed by atoms with Gasteiger partial charge in [-0.2, -0.15) is 0 Å². The average molecular weight is 258 g/mol. The Kier molecular flexibility index (Phi) is 3.90. The summed E-state index contributed by atoms with van der Waals surface area (Å²) in [5.74, 6) is -0.939. The predicted octanol–water partition coefficient (Wildman–Crippen LogP) is 1.05. The quantitative estimate of drug-likeness (QED) is 0.733. The van der Waals surface area contributed by atoms with Gasteiger partial charge in [-0.25, -0.2) is 4.79 Å². The van der Waals surface area contributed by atoms with Crippen LogP contribution in [0.15, 0.2) is 0 Å². The molecular weight excluding hydrogens is 236 g/mol. The molecule has 6 heteroatoms. The van der Waals surface area contributed by atoms with Gasteiger partial charge in [0, 0.05) is 19.1 Å². The van der Waals surface area contributed by atoms with Gasteiger partial charge >= 0.3 is 12.1 Å². The molecule has 1 heterocycles. The van der Waals surface area contributed by atoms with E-state index in [1.165, 1.54) is 4.90 Å². The molecule has 0 saturated carbocycles. The Labute approximate surface area is 107 Å². The zero-order chi connectivity index (χ0) is 14.1. The molecule has 0 aromatic heterocycles. The van der Waals surface area contributed by atoms with E-state index in [1.807, 2.05) is 0 Å². The first-order valence-electron chi connectivity index (χ1n) is 6.00. The maximum Gasteiger partial charge on any atom is 0.410 e.